The fourth-order valence-corrected chi connectivity index (χ4v) is 4.48. The van der Waals surface area contributed by atoms with Gasteiger partial charge in [0.1, 0.15) is 5.82 Å². The average molecular weight is 491 g/mol. The Bertz CT molecular complexity index is 1680. The van der Waals surface area contributed by atoms with Crippen molar-refractivity contribution in [3.05, 3.63) is 95.4 Å². The number of rotatable bonds is 6. The number of hydrogen-bond acceptors (Lipinski definition) is 8. The first-order valence-corrected chi connectivity index (χ1v) is 11.7. The summed E-state index contributed by atoms with van der Waals surface area (Å²) < 4.78 is 30.0. The van der Waals surface area contributed by atoms with Crippen molar-refractivity contribution in [1.82, 2.24) is 19.2 Å². The summed E-state index contributed by atoms with van der Waals surface area (Å²) in [6.07, 6.45) is 1.47. The zero-order valence-electron chi connectivity index (χ0n) is 17.9. The number of fused-ring (bicyclic) bond motifs is 1. The first-order chi connectivity index (χ1) is 16.8. The topological polar surface area (TPSA) is 151 Å². The predicted molar refractivity (Wildman–Crippen MR) is 129 cm³/mol. The molecule has 12 heteroatoms. The Hall–Kier alpha value is -4.84. The van der Waals surface area contributed by atoms with Crippen LogP contribution in [-0.4, -0.2) is 37.8 Å². The highest BCUT2D eigenvalue weighted by molar-refractivity contribution is 7.92. The molecule has 0 fully saturated rings. The molecule has 176 valence electrons. The van der Waals surface area contributed by atoms with Crippen LogP contribution in [0, 0.1) is 0 Å². The Labute approximate surface area is 198 Å². The summed E-state index contributed by atoms with van der Waals surface area (Å²) >= 11 is 0. The van der Waals surface area contributed by atoms with Crippen LogP contribution in [0.2, 0.25) is 0 Å². The van der Waals surface area contributed by atoms with Gasteiger partial charge in [-0.1, -0.05) is 18.2 Å². The molecule has 3 heterocycles. The molecule has 0 aliphatic rings. The summed E-state index contributed by atoms with van der Waals surface area (Å²) in [4.78, 5) is 21.8. The van der Waals surface area contributed by atoms with E-state index in [4.69, 9.17) is 0 Å². The van der Waals surface area contributed by atoms with E-state index in [1.165, 1.54) is 53.2 Å². The number of pyridine rings is 1. The van der Waals surface area contributed by atoms with Crippen LogP contribution < -0.4 is 15.7 Å². The lowest BCUT2D eigenvalue weighted by Crippen LogP contribution is -2.25. The van der Waals surface area contributed by atoms with Crippen molar-refractivity contribution < 1.29 is 18.6 Å². The van der Waals surface area contributed by atoms with Crippen LogP contribution >= 0.6 is 0 Å². The summed E-state index contributed by atoms with van der Waals surface area (Å²) in [5, 5.41) is 20.4. The third-order valence-electron chi connectivity index (χ3n) is 5.14. The molecule has 0 aliphatic carbocycles. The van der Waals surface area contributed by atoms with Gasteiger partial charge < -0.3 is 10.2 Å². The fourth-order valence-electron chi connectivity index (χ4n) is 3.47. The van der Waals surface area contributed by atoms with Crippen molar-refractivity contribution in [3.63, 3.8) is 0 Å². The standard InChI is InChI=1S/C23H18N6O5S/c30-20-12-13-21(31)29(20)26-23-25-18-6-2-1-5-17(18)22(32)28(23)15-8-10-16(11-9-15)35(33,34)27-19-7-3-4-14-24-19/h1-14,30-31H,(H,24,27)(H,25,26). The van der Waals surface area contributed by atoms with E-state index >= 15 is 0 Å². The largest absolute Gasteiger partial charge is 0.493 e. The number of para-hydroxylation sites is 1. The van der Waals surface area contributed by atoms with E-state index in [9.17, 15) is 23.4 Å². The van der Waals surface area contributed by atoms with E-state index in [1.54, 1.807) is 36.4 Å². The number of anilines is 2. The van der Waals surface area contributed by atoms with Gasteiger partial charge in [-0.05, 0) is 48.5 Å². The second-order valence-corrected chi connectivity index (χ2v) is 9.09. The zero-order valence-corrected chi connectivity index (χ0v) is 18.7. The molecule has 5 aromatic rings. The quantitative estimate of drug-likeness (QED) is 0.284. The summed E-state index contributed by atoms with van der Waals surface area (Å²) in [6.45, 7) is 0. The SMILES string of the molecule is O=c1c2ccccc2nc(Nn2c(O)ccc2O)n1-c1ccc(S(=O)(=O)Nc2ccccn2)cc1. The number of sulfonamides is 1. The summed E-state index contributed by atoms with van der Waals surface area (Å²) in [6, 6.07) is 19.7. The number of nitrogens with zero attached hydrogens (tertiary/aromatic N) is 4. The van der Waals surface area contributed by atoms with Crippen LogP contribution in [0.5, 0.6) is 11.8 Å². The normalized spacial score (nSPS) is 11.4. The minimum Gasteiger partial charge on any atom is -0.493 e. The van der Waals surface area contributed by atoms with Gasteiger partial charge in [-0.2, -0.15) is 4.68 Å². The first-order valence-electron chi connectivity index (χ1n) is 10.3. The molecule has 0 saturated carbocycles. The molecular weight excluding hydrogens is 472 g/mol. The molecule has 0 aliphatic heterocycles. The molecule has 4 N–H and O–H groups in total. The van der Waals surface area contributed by atoms with Crippen molar-refractivity contribution >= 4 is 32.7 Å². The van der Waals surface area contributed by atoms with Crippen LogP contribution in [0.4, 0.5) is 11.8 Å². The number of benzene rings is 2. The van der Waals surface area contributed by atoms with E-state index in [0.717, 1.165) is 4.68 Å². The summed E-state index contributed by atoms with van der Waals surface area (Å²) in [5.74, 6) is -0.459. The molecule has 0 amide bonds. The first kappa shape index (κ1) is 22.0. The lowest BCUT2D eigenvalue weighted by molar-refractivity contribution is 0.392. The maximum atomic E-state index is 13.4. The average Bonchev–Trinajstić information content (AvgIpc) is 3.17. The second-order valence-electron chi connectivity index (χ2n) is 7.40. The summed E-state index contributed by atoms with van der Waals surface area (Å²) in [5.41, 5.74) is 2.98. The Balaban J connectivity index is 1.59. The van der Waals surface area contributed by atoms with Crippen molar-refractivity contribution in [2.45, 2.75) is 4.90 Å². The number of aromatic nitrogens is 4. The predicted octanol–water partition coefficient (Wildman–Crippen LogP) is 2.67. The Morgan fingerprint density at radius 2 is 1.51 bits per heavy atom. The number of hydrogen-bond donors (Lipinski definition) is 4. The van der Waals surface area contributed by atoms with Gasteiger partial charge in [0.25, 0.3) is 15.6 Å². The van der Waals surface area contributed by atoms with Crippen molar-refractivity contribution in [2.75, 3.05) is 10.1 Å². The minimum absolute atomic E-state index is 0.0160. The Morgan fingerprint density at radius 1 is 0.829 bits per heavy atom. The third kappa shape index (κ3) is 4.13. The van der Waals surface area contributed by atoms with E-state index in [0.29, 0.717) is 16.6 Å². The molecule has 3 aromatic heterocycles. The molecule has 5 rings (SSSR count). The lowest BCUT2D eigenvalue weighted by Gasteiger charge is -2.16. The maximum Gasteiger partial charge on any atom is 0.267 e. The van der Waals surface area contributed by atoms with Gasteiger partial charge in [0.15, 0.2) is 0 Å². The molecule has 0 atom stereocenters. The third-order valence-corrected chi connectivity index (χ3v) is 6.51. The molecule has 0 radical (unpaired) electrons. The zero-order chi connectivity index (χ0) is 24.6. The van der Waals surface area contributed by atoms with Gasteiger partial charge in [-0.3, -0.25) is 14.9 Å². The molecule has 0 saturated heterocycles. The number of aromatic hydroxyl groups is 2. The fraction of sp³-hybridized carbons (Fsp3) is 0. The van der Waals surface area contributed by atoms with Crippen LogP contribution in [0.25, 0.3) is 16.6 Å². The van der Waals surface area contributed by atoms with E-state index in [2.05, 4.69) is 20.1 Å². The molecule has 2 aromatic carbocycles. The van der Waals surface area contributed by atoms with Gasteiger partial charge in [-0.15, -0.1) is 0 Å². The monoisotopic (exact) mass is 490 g/mol. The Morgan fingerprint density at radius 3 is 2.20 bits per heavy atom. The smallest absolute Gasteiger partial charge is 0.267 e. The molecule has 0 unspecified atom stereocenters. The molecule has 0 spiro atoms. The van der Waals surface area contributed by atoms with Gasteiger partial charge >= 0.3 is 0 Å². The van der Waals surface area contributed by atoms with E-state index < -0.39 is 15.6 Å². The van der Waals surface area contributed by atoms with Crippen LogP contribution in [0.3, 0.4) is 0 Å². The minimum atomic E-state index is -3.92. The summed E-state index contributed by atoms with van der Waals surface area (Å²) in [7, 11) is -3.92. The van der Waals surface area contributed by atoms with Crippen molar-refractivity contribution in [2.24, 2.45) is 0 Å². The number of nitrogens with one attached hydrogen (secondary N) is 2. The Kier molecular flexibility index (Phi) is 5.34. The molecule has 35 heavy (non-hydrogen) atoms. The molecular formula is C23H18N6O5S. The molecule has 0 bridgehead atoms. The van der Waals surface area contributed by atoms with Crippen LogP contribution in [0.15, 0.2) is 94.7 Å². The lowest BCUT2D eigenvalue weighted by atomic mass is 10.2. The van der Waals surface area contributed by atoms with Gasteiger partial charge in [0.05, 0.1) is 21.5 Å². The van der Waals surface area contributed by atoms with Gasteiger partial charge in [-0.25, -0.2) is 23.0 Å². The van der Waals surface area contributed by atoms with E-state index in [1.807, 2.05) is 0 Å². The van der Waals surface area contributed by atoms with E-state index in [-0.39, 0.29) is 28.4 Å². The highest BCUT2D eigenvalue weighted by atomic mass is 32.2. The highest BCUT2D eigenvalue weighted by Crippen LogP contribution is 2.24. The van der Waals surface area contributed by atoms with Crippen molar-refractivity contribution in [1.29, 1.82) is 0 Å². The van der Waals surface area contributed by atoms with Gasteiger partial charge in [0.2, 0.25) is 17.7 Å². The van der Waals surface area contributed by atoms with Gasteiger partial charge in [0, 0.05) is 18.3 Å². The van der Waals surface area contributed by atoms with Crippen LogP contribution in [-0.2, 0) is 10.0 Å². The maximum absolute atomic E-state index is 13.4. The van der Waals surface area contributed by atoms with Crippen molar-refractivity contribution in [3.8, 4) is 17.4 Å². The highest BCUT2D eigenvalue weighted by Gasteiger charge is 2.18. The molecule has 11 nitrogen and oxygen atoms in total. The second kappa shape index (κ2) is 8.50. The van der Waals surface area contributed by atoms with Crippen LogP contribution in [0.1, 0.15) is 0 Å².